The summed E-state index contributed by atoms with van der Waals surface area (Å²) in [5.74, 6) is -0.839. The third kappa shape index (κ3) is 4.14. The highest BCUT2D eigenvalue weighted by Crippen LogP contribution is 2.41. The molecule has 0 aromatic carbocycles. The van der Waals surface area contributed by atoms with E-state index in [9.17, 15) is 9.59 Å². The summed E-state index contributed by atoms with van der Waals surface area (Å²) in [5.41, 5.74) is -1.04. The Hall–Kier alpha value is -0.810. The van der Waals surface area contributed by atoms with E-state index in [1.165, 1.54) is 7.11 Å². The lowest BCUT2D eigenvalue weighted by atomic mass is 10.1. The highest BCUT2D eigenvalue weighted by molar-refractivity contribution is 6.31. The number of rotatable bonds is 5. The van der Waals surface area contributed by atoms with E-state index in [-0.39, 0.29) is 12.5 Å². The van der Waals surface area contributed by atoms with Crippen molar-refractivity contribution in [2.75, 3.05) is 13.7 Å². The van der Waals surface area contributed by atoms with Crippen LogP contribution in [0.2, 0.25) is 0 Å². The van der Waals surface area contributed by atoms with Gasteiger partial charge in [-0.05, 0) is 33.6 Å². The van der Waals surface area contributed by atoms with Crippen LogP contribution < -0.4 is 5.32 Å². The summed E-state index contributed by atoms with van der Waals surface area (Å²) >= 11 is 6.01. The van der Waals surface area contributed by atoms with E-state index in [1.807, 2.05) is 0 Å². The average Bonchev–Trinajstić information content (AvgIpc) is 3.03. The summed E-state index contributed by atoms with van der Waals surface area (Å²) < 4.78 is 9.77. The van der Waals surface area contributed by atoms with E-state index < -0.39 is 22.5 Å². The van der Waals surface area contributed by atoms with Gasteiger partial charge in [0.2, 0.25) is 0 Å². The van der Waals surface area contributed by atoms with Gasteiger partial charge in [0.05, 0.1) is 13.7 Å². The Morgan fingerprint density at radius 3 is 2.33 bits per heavy atom. The number of alkyl halides is 1. The van der Waals surface area contributed by atoms with Crippen molar-refractivity contribution < 1.29 is 19.1 Å². The molecule has 0 amide bonds. The van der Waals surface area contributed by atoms with E-state index in [4.69, 9.17) is 16.3 Å². The summed E-state index contributed by atoms with van der Waals surface area (Å²) in [7, 11) is 1.29. The molecule has 0 heterocycles. The summed E-state index contributed by atoms with van der Waals surface area (Å²) in [5, 5.41) is 2.23. The number of ether oxygens (including phenoxy) is 2. The highest BCUT2D eigenvalue weighted by Gasteiger charge is 2.52. The molecule has 1 rings (SSSR count). The lowest BCUT2D eigenvalue weighted by Crippen LogP contribution is -2.47. The number of hydrogen-bond acceptors (Lipinski definition) is 5. The van der Waals surface area contributed by atoms with Crippen molar-refractivity contribution in [2.45, 2.75) is 50.1 Å². The molecule has 0 saturated heterocycles. The van der Waals surface area contributed by atoms with Gasteiger partial charge in [0, 0.05) is 5.54 Å². The molecule has 0 bridgehead atoms. The van der Waals surface area contributed by atoms with Gasteiger partial charge in [0.25, 0.3) is 0 Å². The first-order valence-electron chi connectivity index (χ1n) is 5.89. The third-order valence-electron chi connectivity index (χ3n) is 2.69. The van der Waals surface area contributed by atoms with Crippen molar-refractivity contribution in [1.82, 2.24) is 5.32 Å². The van der Waals surface area contributed by atoms with Crippen LogP contribution in [0.25, 0.3) is 0 Å². The molecule has 104 valence electrons. The number of esters is 2. The molecule has 0 aliphatic heterocycles. The van der Waals surface area contributed by atoms with Crippen molar-refractivity contribution in [1.29, 1.82) is 0 Å². The Bertz CT molecular complexity index is 333. The van der Waals surface area contributed by atoms with E-state index in [2.05, 4.69) is 10.1 Å². The fraction of sp³-hybridized carbons (Fsp3) is 0.833. The van der Waals surface area contributed by atoms with Gasteiger partial charge in [-0.25, -0.2) is 0 Å². The molecular weight excluding hydrogens is 258 g/mol. The summed E-state index contributed by atoms with van der Waals surface area (Å²) in [4.78, 5) is 22.9. The molecule has 1 N–H and O–H groups in total. The second-order valence-electron chi connectivity index (χ2n) is 5.48. The van der Waals surface area contributed by atoms with Crippen LogP contribution in [0.4, 0.5) is 0 Å². The number of methoxy groups -OCH3 is 1. The molecule has 1 fully saturated rings. The Morgan fingerprint density at radius 1 is 1.39 bits per heavy atom. The molecule has 1 saturated carbocycles. The van der Waals surface area contributed by atoms with Crippen LogP contribution in [0.5, 0.6) is 0 Å². The van der Waals surface area contributed by atoms with Gasteiger partial charge < -0.3 is 9.47 Å². The first kappa shape index (κ1) is 15.2. The van der Waals surface area contributed by atoms with Crippen LogP contribution in [0.15, 0.2) is 0 Å². The average molecular weight is 278 g/mol. The van der Waals surface area contributed by atoms with Gasteiger partial charge in [-0.15, -0.1) is 11.6 Å². The topological polar surface area (TPSA) is 64.6 Å². The van der Waals surface area contributed by atoms with Crippen molar-refractivity contribution in [3.8, 4) is 0 Å². The van der Waals surface area contributed by atoms with Gasteiger partial charge in [0.1, 0.15) is 11.0 Å². The third-order valence-corrected chi connectivity index (χ3v) is 3.28. The maximum Gasteiger partial charge on any atom is 0.325 e. The molecule has 0 spiro atoms. The second kappa shape index (κ2) is 5.45. The van der Waals surface area contributed by atoms with Crippen molar-refractivity contribution in [3.05, 3.63) is 0 Å². The monoisotopic (exact) mass is 277 g/mol. The molecule has 0 aromatic rings. The zero-order chi connectivity index (χ0) is 14.0. The van der Waals surface area contributed by atoms with Gasteiger partial charge in [0.15, 0.2) is 0 Å². The first-order valence-corrected chi connectivity index (χ1v) is 6.33. The lowest BCUT2D eigenvalue weighted by Gasteiger charge is -2.23. The molecule has 1 aliphatic carbocycles. The minimum absolute atomic E-state index is 0.0392. The molecule has 0 radical (unpaired) electrons. The van der Waals surface area contributed by atoms with Crippen molar-refractivity contribution >= 4 is 23.5 Å². The second-order valence-corrected chi connectivity index (χ2v) is 5.92. The number of carbonyl (C=O) groups excluding carboxylic acids is 2. The lowest BCUT2D eigenvalue weighted by molar-refractivity contribution is -0.154. The van der Waals surface area contributed by atoms with Crippen LogP contribution in [-0.4, -0.2) is 42.1 Å². The molecule has 1 atom stereocenters. The number of hydrogen-bond donors (Lipinski definition) is 1. The number of nitrogens with one attached hydrogen (secondary N) is 1. The maximum atomic E-state index is 11.6. The molecule has 0 aromatic heterocycles. The zero-order valence-electron chi connectivity index (χ0n) is 11.2. The van der Waals surface area contributed by atoms with Gasteiger partial charge in [-0.2, -0.15) is 0 Å². The fourth-order valence-electron chi connectivity index (χ4n) is 1.61. The van der Waals surface area contributed by atoms with Gasteiger partial charge >= 0.3 is 11.9 Å². The quantitative estimate of drug-likeness (QED) is 0.605. The summed E-state index contributed by atoms with van der Waals surface area (Å²) in [6, 6.07) is 0. The van der Waals surface area contributed by atoms with Crippen LogP contribution in [0.1, 0.15) is 33.6 Å². The summed E-state index contributed by atoms with van der Waals surface area (Å²) in [6.07, 6.45) is 1.50. The molecule has 6 heteroatoms. The van der Waals surface area contributed by atoms with Gasteiger partial charge in [-0.3, -0.25) is 14.9 Å². The SMILES string of the molecule is COC(=O)C(Cl)C1(NCC(=O)OC(C)(C)C)CC1. The molecule has 1 unspecified atom stereocenters. The minimum atomic E-state index is -0.773. The van der Waals surface area contributed by atoms with E-state index in [0.717, 1.165) is 12.8 Å². The van der Waals surface area contributed by atoms with Crippen molar-refractivity contribution in [2.24, 2.45) is 0 Å². The van der Waals surface area contributed by atoms with Crippen LogP contribution in [-0.2, 0) is 19.1 Å². The Morgan fingerprint density at radius 2 is 1.94 bits per heavy atom. The Balaban J connectivity index is 2.44. The van der Waals surface area contributed by atoms with Crippen LogP contribution >= 0.6 is 11.6 Å². The zero-order valence-corrected chi connectivity index (χ0v) is 12.0. The van der Waals surface area contributed by atoms with E-state index in [1.54, 1.807) is 20.8 Å². The minimum Gasteiger partial charge on any atom is -0.468 e. The predicted molar refractivity (Wildman–Crippen MR) is 67.5 cm³/mol. The highest BCUT2D eigenvalue weighted by atomic mass is 35.5. The maximum absolute atomic E-state index is 11.6. The number of carbonyl (C=O) groups is 2. The van der Waals surface area contributed by atoms with Crippen LogP contribution in [0, 0.1) is 0 Å². The molecule has 18 heavy (non-hydrogen) atoms. The normalized spacial score (nSPS) is 18.9. The van der Waals surface area contributed by atoms with Gasteiger partial charge in [-0.1, -0.05) is 0 Å². The standard InChI is InChI=1S/C12H20ClNO4/c1-11(2,3)18-8(15)7-14-12(5-6-12)9(13)10(16)17-4/h9,14H,5-7H2,1-4H3. The predicted octanol–water partition coefficient (Wildman–Crippen LogP) is 1.23. The molecule has 1 aliphatic rings. The van der Waals surface area contributed by atoms with E-state index >= 15 is 0 Å². The van der Waals surface area contributed by atoms with Crippen LogP contribution in [0.3, 0.4) is 0 Å². The first-order chi connectivity index (χ1) is 8.20. The Labute approximate surface area is 112 Å². The van der Waals surface area contributed by atoms with Crippen molar-refractivity contribution in [3.63, 3.8) is 0 Å². The molecular formula is C12H20ClNO4. The summed E-state index contributed by atoms with van der Waals surface area (Å²) in [6.45, 7) is 5.45. The number of halogens is 1. The smallest absolute Gasteiger partial charge is 0.325 e. The van der Waals surface area contributed by atoms with E-state index in [0.29, 0.717) is 0 Å². The molecule has 5 nitrogen and oxygen atoms in total. The Kier molecular flexibility index (Phi) is 4.61. The largest absolute Gasteiger partial charge is 0.468 e. The fourth-order valence-corrected chi connectivity index (χ4v) is 1.99.